The Bertz CT molecular complexity index is 430. The summed E-state index contributed by atoms with van der Waals surface area (Å²) in [6.07, 6.45) is 5.41. The summed E-state index contributed by atoms with van der Waals surface area (Å²) in [4.78, 5) is 13.8. The first-order chi connectivity index (χ1) is 10.3. The smallest absolute Gasteiger partial charge is 0.236 e. The molecule has 0 aliphatic heterocycles. The van der Waals surface area contributed by atoms with Crippen molar-refractivity contribution in [2.75, 3.05) is 19.6 Å². The van der Waals surface area contributed by atoms with Gasteiger partial charge >= 0.3 is 0 Å². The van der Waals surface area contributed by atoms with E-state index in [4.69, 9.17) is 0 Å². The van der Waals surface area contributed by atoms with Gasteiger partial charge in [0.05, 0.1) is 4.75 Å². The van der Waals surface area contributed by atoms with Gasteiger partial charge in [-0.15, -0.1) is 11.8 Å². The summed E-state index contributed by atoms with van der Waals surface area (Å²) in [5, 5.41) is 6.44. The third-order valence-corrected chi connectivity index (χ3v) is 5.39. The summed E-state index contributed by atoms with van der Waals surface area (Å²) in [6, 6.07) is 10.3. The van der Waals surface area contributed by atoms with E-state index in [2.05, 4.69) is 29.7 Å². The van der Waals surface area contributed by atoms with Crippen LogP contribution in [-0.4, -0.2) is 30.3 Å². The molecule has 0 aromatic heterocycles. The zero-order valence-electron chi connectivity index (χ0n) is 12.9. The van der Waals surface area contributed by atoms with Crippen molar-refractivity contribution in [3.05, 3.63) is 30.3 Å². The summed E-state index contributed by atoms with van der Waals surface area (Å²) in [6.45, 7) is 4.73. The molecule has 1 aromatic carbocycles. The van der Waals surface area contributed by atoms with Crippen molar-refractivity contribution in [2.24, 2.45) is 0 Å². The van der Waals surface area contributed by atoms with Gasteiger partial charge in [-0.25, -0.2) is 0 Å². The zero-order valence-corrected chi connectivity index (χ0v) is 13.7. The van der Waals surface area contributed by atoms with Crippen LogP contribution in [-0.2, 0) is 4.79 Å². The van der Waals surface area contributed by atoms with Gasteiger partial charge in [0.2, 0.25) is 5.91 Å². The molecule has 0 unspecified atom stereocenters. The summed E-state index contributed by atoms with van der Waals surface area (Å²) in [5.41, 5.74) is 0. The molecule has 21 heavy (non-hydrogen) atoms. The van der Waals surface area contributed by atoms with E-state index in [1.165, 1.54) is 4.90 Å². The van der Waals surface area contributed by atoms with E-state index in [0.29, 0.717) is 0 Å². The third-order valence-electron chi connectivity index (χ3n) is 3.90. The van der Waals surface area contributed by atoms with E-state index in [1.54, 1.807) is 11.8 Å². The molecule has 0 radical (unpaired) electrons. The number of carbonyl (C=O) groups excluding carboxylic acids is 1. The Balaban J connectivity index is 1.89. The first kappa shape index (κ1) is 16.4. The quantitative estimate of drug-likeness (QED) is 0.725. The molecule has 1 aliphatic rings. The van der Waals surface area contributed by atoms with E-state index in [1.807, 2.05) is 18.2 Å². The van der Waals surface area contributed by atoms with Crippen LogP contribution in [0.2, 0.25) is 0 Å². The largest absolute Gasteiger partial charge is 0.354 e. The second-order valence-electron chi connectivity index (χ2n) is 5.62. The van der Waals surface area contributed by atoms with Crippen molar-refractivity contribution in [3.63, 3.8) is 0 Å². The summed E-state index contributed by atoms with van der Waals surface area (Å²) < 4.78 is -0.258. The van der Waals surface area contributed by atoms with Crippen LogP contribution in [0.15, 0.2) is 35.2 Å². The first-order valence-electron chi connectivity index (χ1n) is 8.00. The highest BCUT2D eigenvalue weighted by Gasteiger charge is 2.41. The summed E-state index contributed by atoms with van der Waals surface area (Å²) in [5.74, 6) is 0.215. The molecule has 0 spiro atoms. The van der Waals surface area contributed by atoms with Crippen LogP contribution >= 0.6 is 11.8 Å². The molecule has 1 aliphatic carbocycles. The number of benzene rings is 1. The molecule has 0 saturated heterocycles. The highest BCUT2D eigenvalue weighted by atomic mass is 32.2. The average Bonchev–Trinajstić information content (AvgIpc) is 2.98. The van der Waals surface area contributed by atoms with Crippen LogP contribution in [0.4, 0.5) is 0 Å². The Kier molecular flexibility index (Phi) is 6.58. The van der Waals surface area contributed by atoms with Gasteiger partial charge in [-0.3, -0.25) is 4.79 Å². The van der Waals surface area contributed by atoms with E-state index in [0.717, 1.165) is 51.7 Å². The first-order valence-corrected chi connectivity index (χ1v) is 8.81. The third kappa shape index (κ3) is 4.75. The number of carbonyl (C=O) groups is 1. The van der Waals surface area contributed by atoms with E-state index in [9.17, 15) is 4.79 Å². The predicted octanol–water partition coefficient (Wildman–Crippen LogP) is 3.21. The molecule has 1 saturated carbocycles. The van der Waals surface area contributed by atoms with Gasteiger partial charge in [0.15, 0.2) is 0 Å². The highest BCUT2D eigenvalue weighted by molar-refractivity contribution is 8.01. The summed E-state index contributed by atoms with van der Waals surface area (Å²) >= 11 is 1.74. The lowest BCUT2D eigenvalue weighted by molar-refractivity contribution is -0.123. The molecule has 0 bridgehead atoms. The maximum absolute atomic E-state index is 12.6. The SMILES string of the molecule is CCCNCCNC(=O)C1(Sc2ccccc2)CCCC1. The predicted molar refractivity (Wildman–Crippen MR) is 89.7 cm³/mol. The molecule has 3 nitrogen and oxygen atoms in total. The van der Waals surface area contributed by atoms with Crippen molar-refractivity contribution in [1.29, 1.82) is 0 Å². The maximum atomic E-state index is 12.6. The molecule has 0 atom stereocenters. The van der Waals surface area contributed by atoms with Crippen LogP contribution in [0.25, 0.3) is 0 Å². The number of hydrogen-bond donors (Lipinski definition) is 2. The second-order valence-corrected chi connectivity index (χ2v) is 7.08. The number of hydrogen-bond acceptors (Lipinski definition) is 3. The van der Waals surface area contributed by atoms with Gasteiger partial charge in [-0.1, -0.05) is 38.0 Å². The maximum Gasteiger partial charge on any atom is 0.236 e. The molecular weight excluding hydrogens is 280 g/mol. The summed E-state index contributed by atoms with van der Waals surface area (Å²) in [7, 11) is 0. The zero-order chi connectivity index (χ0) is 15.0. The minimum Gasteiger partial charge on any atom is -0.354 e. The van der Waals surface area contributed by atoms with Gasteiger partial charge in [-0.05, 0) is 37.9 Å². The van der Waals surface area contributed by atoms with E-state index >= 15 is 0 Å². The molecule has 2 rings (SSSR count). The van der Waals surface area contributed by atoms with Gasteiger partial charge in [0, 0.05) is 18.0 Å². The Morgan fingerprint density at radius 3 is 2.52 bits per heavy atom. The van der Waals surface area contributed by atoms with Crippen LogP contribution in [0.1, 0.15) is 39.0 Å². The van der Waals surface area contributed by atoms with Gasteiger partial charge in [-0.2, -0.15) is 0 Å². The molecule has 116 valence electrons. The van der Waals surface area contributed by atoms with Crippen LogP contribution in [0, 0.1) is 0 Å². The van der Waals surface area contributed by atoms with E-state index in [-0.39, 0.29) is 10.7 Å². The fourth-order valence-corrected chi connectivity index (χ4v) is 4.17. The Morgan fingerprint density at radius 1 is 1.14 bits per heavy atom. The van der Waals surface area contributed by atoms with Crippen LogP contribution in [0.3, 0.4) is 0 Å². The van der Waals surface area contributed by atoms with Crippen molar-refractivity contribution in [3.8, 4) is 0 Å². The van der Waals surface area contributed by atoms with Crippen molar-refractivity contribution in [2.45, 2.75) is 48.7 Å². The van der Waals surface area contributed by atoms with Crippen molar-refractivity contribution in [1.82, 2.24) is 10.6 Å². The lowest BCUT2D eigenvalue weighted by Crippen LogP contribution is -2.44. The Morgan fingerprint density at radius 2 is 1.86 bits per heavy atom. The fraction of sp³-hybridized carbons (Fsp3) is 0.588. The fourth-order valence-electron chi connectivity index (χ4n) is 2.76. The molecule has 1 fully saturated rings. The van der Waals surface area contributed by atoms with Gasteiger partial charge in [0.1, 0.15) is 0 Å². The number of rotatable bonds is 8. The molecule has 4 heteroatoms. The van der Waals surface area contributed by atoms with Crippen molar-refractivity contribution >= 4 is 17.7 Å². The Hall–Kier alpha value is -1.00. The topological polar surface area (TPSA) is 41.1 Å². The molecule has 2 N–H and O–H groups in total. The lowest BCUT2D eigenvalue weighted by atomic mass is 10.1. The number of thioether (sulfide) groups is 1. The standard InChI is InChI=1S/C17H26N2OS/c1-2-12-18-13-14-19-16(20)17(10-6-7-11-17)21-15-8-4-3-5-9-15/h3-5,8-9,18H,2,6-7,10-14H2,1H3,(H,19,20). The molecular formula is C17H26N2OS. The molecule has 0 heterocycles. The molecule has 1 amide bonds. The normalized spacial score (nSPS) is 16.8. The van der Waals surface area contributed by atoms with Crippen LogP contribution < -0.4 is 10.6 Å². The monoisotopic (exact) mass is 306 g/mol. The minimum atomic E-state index is -0.258. The highest BCUT2D eigenvalue weighted by Crippen LogP contribution is 2.45. The number of amides is 1. The Labute approximate surface area is 132 Å². The van der Waals surface area contributed by atoms with Crippen LogP contribution in [0.5, 0.6) is 0 Å². The average molecular weight is 306 g/mol. The van der Waals surface area contributed by atoms with Gasteiger partial charge in [0.25, 0.3) is 0 Å². The van der Waals surface area contributed by atoms with Crippen molar-refractivity contribution < 1.29 is 4.79 Å². The molecule has 1 aromatic rings. The minimum absolute atomic E-state index is 0.215. The lowest BCUT2D eigenvalue weighted by Gasteiger charge is -2.27. The van der Waals surface area contributed by atoms with E-state index < -0.39 is 0 Å². The second kappa shape index (κ2) is 8.44. The number of nitrogens with one attached hydrogen (secondary N) is 2. The van der Waals surface area contributed by atoms with Gasteiger partial charge < -0.3 is 10.6 Å².